The van der Waals surface area contributed by atoms with Gasteiger partial charge in [-0.1, -0.05) is 0 Å². The minimum absolute atomic E-state index is 0.0336. The van der Waals surface area contributed by atoms with Crippen molar-refractivity contribution in [1.29, 1.82) is 0 Å². The summed E-state index contributed by atoms with van der Waals surface area (Å²) in [5.41, 5.74) is 0.654. The van der Waals surface area contributed by atoms with Gasteiger partial charge in [0.2, 0.25) is 0 Å². The molecule has 15 heavy (non-hydrogen) atoms. The lowest BCUT2D eigenvalue weighted by molar-refractivity contribution is 0.184. The molecule has 0 aliphatic rings. The Balaban J connectivity index is 2.20. The van der Waals surface area contributed by atoms with Crippen molar-refractivity contribution in [1.82, 2.24) is 4.98 Å². The van der Waals surface area contributed by atoms with Crippen LogP contribution in [0.3, 0.4) is 0 Å². The summed E-state index contributed by atoms with van der Waals surface area (Å²) in [6.07, 6.45) is 3.59. The lowest BCUT2D eigenvalue weighted by Gasteiger charge is -2.05. The first kappa shape index (κ1) is 11.9. The summed E-state index contributed by atoms with van der Waals surface area (Å²) < 4.78 is 10.4. The lowest BCUT2D eigenvalue weighted by atomic mass is 10.3. The highest BCUT2D eigenvalue weighted by molar-refractivity contribution is 5.19. The summed E-state index contributed by atoms with van der Waals surface area (Å²) in [5, 5.41) is 8.78. The van der Waals surface area contributed by atoms with Crippen LogP contribution in [0.15, 0.2) is 18.3 Å². The van der Waals surface area contributed by atoms with Crippen molar-refractivity contribution in [2.24, 2.45) is 0 Å². The van der Waals surface area contributed by atoms with E-state index in [0.29, 0.717) is 12.3 Å². The topological polar surface area (TPSA) is 51.6 Å². The van der Waals surface area contributed by atoms with E-state index in [9.17, 15) is 0 Å². The van der Waals surface area contributed by atoms with Crippen LogP contribution in [0.5, 0.6) is 5.75 Å². The van der Waals surface area contributed by atoms with E-state index in [0.717, 1.165) is 25.2 Å². The molecule has 0 aromatic carbocycles. The first-order valence-corrected chi connectivity index (χ1v) is 5.04. The fourth-order valence-electron chi connectivity index (χ4n) is 1.13. The molecule has 0 fully saturated rings. The van der Waals surface area contributed by atoms with Crippen molar-refractivity contribution in [2.45, 2.75) is 19.4 Å². The summed E-state index contributed by atoms with van der Waals surface area (Å²) in [6.45, 7) is 1.41. The van der Waals surface area contributed by atoms with Crippen molar-refractivity contribution < 1.29 is 14.6 Å². The number of aliphatic hydroxyl groups is 1. The number of nitrogens with zero attached hydrogens (tertiary/aromatic N) is 1. The molecule has 0 unspecified atom stereocenters. The van der Waals surface area contributed by atoms with Crippen LogP contribution in [0.2, 0.25) is 0 Å². The van der Waals surface area contributed by atoms with Crippen LogP contribution in [-0.4, -0.2) is 30.4 Å². The van der Waals surface area contributed by atoms with E-state index < -0.39 is 0 Å². The summed E-state index contributed by atoms with van der Waals surface area (Å²) in [7, 11) is 1.69. The van der Waals surface area contributed by atoms with Gasteiger partial charge in [-0.25, -0.2) is 0 Å². The molecule has 1 aromatic rings. The summed E-state index contributed by atoms with van der Waals surface area (Å²) in [4.78, 5) is 4.01. The van der Waals surface area contributed by atoms with Crippen molar-refractivity contribution in [2.75, 3.05) is 20.3 Å². The Kier molecular flexibility index (Phi) is 5.73. The van der Waals surface area contributed by atoms with Gasteiger partial charge in [0, 0.05) is 13.7 Å². The molecule has 0 bridgehead atoms. The second-order valence-corrected chi connectivity index (χ2v) is 3.19. The molecular weight excluding hydrogens is 194 g/mol. The molecule has 84 valence electrons. The molecule has 0 spiro atoms. The molecule has 0 saturated carbocycles. The van der Waals surface area contributed by atoms with E-state index in [1.165, 1.54) is 0 Å². The zero-order valence-corrected chi connectivity index (χ0v) is 8.98. The smallest absolute Gasteiger partial charge is 0.137 e. The van der Waals surface area contributed by atoms with Crippen LogP contribution in [0.4, 0.5) is 0 Å². The van der Waals surface area contributed by atoms with E-state index in [1.807, 2.05) is 6.07 Å². The molecule has 1 heterocycles. The number of pyridine rings is 1. The van der Waals surface area contributed by atoms with E-state index in [2.05, 4.69) is 4.98 Å². The first-order valence-electron chi connectivity index (χ1n) is 5.04. The Labute approximate surface area is 89.9 Å². The number of ether oxygens (including phenoxy) is 2. The van der Waals surface area contributed by atoms with E-state index in [1.54, 1.807) is 19.4 Å². The fourth-order valence-corrected chi connectivity index (χ4v) is 1.13. The average Bonchev–Trinajstić information content (AvgIpc) is 2.30. The van der Waals surface area contributed by atoms with Crippen LogP contribution in [-0.2, 0) is 11.3 Å². The van der Waals surface area contributed by atoms with Gasteiger partial charge < -0.3 is 14.6 Å². The van der Waals surface area contributed by atoms with Gasteiger partial charge in [-0.2, -0.15) is 0 Å². The Hall–Kier alpha value is -1.13. The summed E-state index contributed by atoms with van der Waals surface area (Å²) in [6, 6.07) is 3.57. The van der Waals surface area contributed by atoms with Gasteiger partial charge >= 0.3 is 0 Å². The van der Waals surface area contributed by atoms with Crippen LogP contribution in [0.25, 0.3) is 0 Å². The Morgan fingerprint density at radius 1 is 1.27 bits per heavy atom. The molecule has 0 atom stereocenters. The lowest BCUT2D eigenvalue weighted by Crippen LogP contribution is -2.00. The van der Waals surface area contributed by atoms with Gasteiger partial charge in [0.05, 0.1) is 25.1 Å². The number of rotatable bonds is 7. The third-order valence-corrected chi connectivity index (χ3v) is 1.97. The third kappa shape index (κ3) is 4.76. The van der Waals surface area contributed by atoms with Crippen molar-refractivity contribution in [3.8, 4) is 5.75 Å². The van der Waals surface area contributed by atoms with Crippen LogP contribution < -0.4 is 4.74 Å². The van der Waals surface area contributed by atoms with Crippen LogP contribution >= 0.6 is 0 Å². The molecule has 0 radical (unpaired) electrons. The summed E-state index contributed by atoms with van der Waals surface area (Å²) >= 11 is 0. The zero-order chi connectivity index (χ0) is 10.9. The maximum Gasteiger partial charge on any atom is 0.137 e. The quantitative estimate of drug-likeness (QED) is 0.692. The van der Waals surface area contributed by atoms with Gasteiger partial charge in [-0.3, -0.25) is 4.98 Å². The largest absolute Gasteiger partial charge is 0.492 e. The van der Waals surface area contributed by atoms with Gasteiger partial charge in [0.15, 0.2) is 0 Å². The van der Waals surface area contributed by atoms with Crippen molar-refractivity contribution in [3.05, 3.63) is 24.0 Å². The van der Waals surface area contributed by atoms with Gasteiger partial charge in [-0.05, 0) is 25.0 Å². The highest BCUT2D eigenvalue weighted by Crippen LogP contribution is 2.09. The molecule has 0 amide bonds. The molecule has 1 rings (SSSR count). The number of hydrogen-bond donors (Lipinski definition) is 1. The number of methoxy groups -OCH3 is 1. The first-order chi connectivity index (χ1) is 7.36. The maximum absolute atomic E-state index is 8.78. The second-order valence-electron chi connectivity index (χ2n) is 3.19. The minimum Gasteiger partial charge on any atom is -0.492 e. The van der Waals surface area contributed by atoms with Crippen molar-refractivity contribution in [3.63, 3.8) is 0 Å². The molecular formula is C11H17NO3. The van der Waals surface area contributed by atoms with Gasteiger partial charge in [0.1, 0.15) is 5.75 Å². The van der Waals surface area contributed by atoms with Gasteiger partial charge in [0.25, 0.3) is 0 Å². The molecule has 4 heteroatoms. The monoisotopic (exact) mass is 211 g/mol. The van der Waals surface area contributed by atoms with Crippen LogP contribution in [0, 0.1) is 0 Å². The van der Waals surface area contributed by atoms with E-state index >= 15 is 0 Å². The summed E-state index contributed by atoms with van der Waals surface area (Å²) in [5.74, 6) is 0.740. The number of unbranched alkanes of at least 4 members (excludes halogenated alkanes) is 1. The van der Waals surface area contributed by atoms with Crippen LogP contribution in [0.1, 0.15) is 18.5 Å². The van der Waals surface area contributed by atoms with Gasteiger partial charge in [-0.15, -0.1) is 0 Å². The number of hydrogen-bond acceptors (Lipinski definition) is 4. The normalized spacial score (nSPS) is 10.3. The van der Waals surface area contributed by atoms with E-state index in [-0.39, 0.29) is 6.61 Å². The maximum atomic E-state index is 8.78. The SMILES string of the molecule is COCCCCOc1ccc(CO)nc1. The molecule has 1 N–H and O–H groups in total. The highest BCUT2D eigenvalue weighted by atomic mass is 16.5. The average molecular weight is 211 g/mol. The zero-order valence-electron chi connectivity index (χ0n) is 8.98. The standard InChI is InChI=1S/C11H17NO3/c1-14-6-2-3-7-15-11-5-4-10(9-13)12-8-11/h4-5,8,13H,2-3,6-7,9H2,1H3. The predicted molar refractivity (Wildman–Crippen MR) is 56.8 cm³/mol. The molecule has 0 aliphatic heterocycles. The highest BCUT2D eigenvalue weighted by Gasteiger charge is 1.95. The van der Waals surface area contributed by atoms with E-state index in [4.69, 9.17) is 14.6 Å². The molecule has 0 saturated heterocycles. The fraction of sp³-hybridized carbons (Fsp3) is 0.545. The molecule has 4 nitrogen and oxygen atoms in total. The third-order valence-electron chi connectivity index (χ3n) is 1.97. The Morgan fingerprint density at radius 2 is 2.07 bits per heavy atom. The Bertz CT molecular complexity index is 261. The Morgan fingerprint density at radius 3 is 2.67 bits per heavy atom. The predicted octanol–water partition coefficient (Wildman–Crippen LogP) is 1.38. The second kappa shape index (κ2) is 7.20. The number of aliphatic hydroxyl groups excluding tert-OH is 1. The molecule has 1 aromatic heterocycles. The minimum atomic E-state index is -0.0336. The van der Waals surface area contributed by atoms with Crippen molar-refractivity contribution >= 4 is 0 Å². The molecule has 0 aliphatic carbocycles. The number of aromatic nitrogens is 1.